The van der Waals surface area contributed by atoms with Gasteiger partial charge in [-0.15, -0.1) is 16.9 Å². The predicted molar refractivity (Wildman–Crippen MR) is 98.5 cm³/mol. The highest BCUT2D eigenvalue weighted by atomic mass is 32.2. The molecule has 1 aliphatic heterocycles. The number of nitrogens with zero attached hydrogens (tertiary/aromatic N) is 4. The molecule has 2 unspecified atom stereocenters. The number of methoxy groups -OCH3 is 2. The van der Waals surface area contributed by atoms with E-state index in [9.17, 15) is 0 Å². The van der Waals surface area contributed by atoms with Crippen molar-refractivity contribution in [1.82, 2.24) is 25.5 Å². The fourth-order valence-corrected chi connectivity index (χ4v) is 5.22. The van der Waals surface area contributed by atoms with Crippen LogP contribution < -0.4 is 14.8 Å². The van der Waals surface area contributed by atoms with E-state index in [2.05, 4.69) is 26.9 Å². The third-order valence-corrected chi connectivity index (χ3v) is 6.76. The van der Waals surface area contributed by atoms with Gasteiger partial charge in [-0.25, -0.2) is 4.68 Å². The van der Waals surface area contributed by atoms with Crippen LogP contribution >= 0.6 is 23.5 Å². The molecule has 2 aromatic rings. The summed E-state index contributed by atoms with van der Waals surface area (Å²) < 4.78 is 12.7. The van der Waals surface area contributed by atoms with Gasteiger partial charge in [0.15, 0.2) is 11.5 Å². The van der Waals surface area contributed by atoms with Crippen molar-refractivity contribution < 1.29 is 9.47 Å². The number of ether oxygens (including phenoxy) is 2. The molecule has 2 heterocycles. The Balaban J connectivity index is 1.35. The second-order valence-electron chi connectivity index (χ2n) is 6.14. The average molecular weight is 380 g/mol. The smallest absolute Gasteiger partial charge is 0.209 e. The van der Waals surface area contributed by atoms with Gasteiger partial charge in [0.2, 0.25) is 5.16 Å². The third-order valence-electron chi connectivity index (χ3n) is 4.33. The summed E-state index contributed by atoms with van der Waals surface area (Å²) in [6.45, 7) is 0. The monoisotopic (exact) mass is 379 g/mol. The van der Waals surface area contributed by atoms with Crippen LogP contribution in [0.2, 0.25) is 0 Å². The lowest BCUT2D eigenvalue weighted by molar-refractivity contribution is 0.354. The van der Waals surface area contributed by atoms with Crippen LogP contribution in [0, 0.1) is 0 Å². The molecule has 2 atom stereocenters. The molecule has 1 saturated heterocycles. The van der Waals surface area contributed by atoms with Crippen molar-refractivity contribution in [2.24, 2.45) is 0 Å². The summed E-state index contributed by atoms with van der Waals surface area (Å²) in [6, 6.07) is 7.05. The van der Waals surface area contributed by atoms with Gasteiger partial charge in [-0.2, -0.15) is 0 Å². The molecular weight excluding hydrogens is 358 g/mol. The predicted octanol–water partition coefficient (Wildman–Crippen LogP) is 2.52. The first-order chi connectivity index (χ1) is 12.3. The third kappa shape index (κ3) is 3.73. The molecule has 2 aliphatic rings. The molecule has 0 spiro atoms. The maximum absolute atomic E-state index is 5.41. The summed E-state index contributed by atoms with van der Waals surface area (Å²) in [6.07, 6.45) is 2.38. The number of thioether (sulfide) groups is 2. The average Bonchev–Trinajstić information content (AvgIpc) is 3.19. The summed E-state index contributed by atoms with van der Waals surface area (Å²) in [5, 5.41) is 17.0. The van der Waals surface area contributed by atoms with Crippen LogP contribution in [0.4, 0.5) is 0 Å². The van der Waals surface area contributed by atoms with Crippen molar-refractivity contribution in [3.63, 3.8) is 0 Å². The van der Waals surface area contributed by atoms with Gasteiger partial charge >= 0.3 is 0 Å². The number of benzene rings is 1. The van der Waals surface area contributed by atoms with Gasteiger partial charge in [0.1, 0.15) is 0 Å². The topological polar surface area (TPSA) is 74.1 Å². The van der Waals surface area contributed by atoms with E-state index in [1.54, 1.807) is 26.0 Å². The Morgan fingerprint density at radius 1 is 1.28 bits per heavy atom. The number of nitrogens with one attached hydrogen (secondary N) is 1. The van der Waals surface area contributed by atoms with Crippen LogP contribution in [-0.2, 0) is 0 Å². The van der Waals surface area contributed by atoms with Crippen molar-refractivity contribution in [3.05, 3.63) is 23.8 Å². The SMILES string of the molecule is COc1ccc(C2NC(CSc3nnnn3C3CC3)CS2)cc1OC. The molecule has 1 aromatic carbocycles. The molecule has 0 radical (unpaired) electrons. The highest BCUT2D eigenvalue weighted by Crippen LogP contribution is 2.39. The van der Waals surface area contributed by atoms with Crippen LogP contribution in [0.5, 0.6) is 11.5 Å². The van der Waals surface area contributed by atoms with Crippen LogP contribution in [0.15, 0.2) is 23.4 Å². The van der Waals surface area contributed by atoms with E-state index in [0.717, 1.165) is 28.2 Å². The van der Waals surface area contributed by atoms with Gasteiger partial charge in [-0.3, -0.25) is 5.32 Å². The first kappa shape index (κ1) is 17.0. The molecule has 1 N–H and O–H groups in total. The van der Waals surface area contributed by atoms with E-state index < -0.39 is 0 Å². The molecule has 1 saturated carbocycles. The van der Waals surface area contributed by atoms with Crippen molar-refractivity contribution in [3.8, 4) is 11.5 Å². The van der Waals surface area contributed by atoms with Crippen LogP contribution in [0.3, 0.4) is 0 Å². The van der Waals surface area contributed by atoms with Gasteiger partial charge in [-0.05, 0) is 41.0 Å². The maximum atomic E-state index is 5.41. The van der Waals surface area contributed by atoms with E-state index >= 15 is 0 Å². The van der Waals surface area contributed by atoms with Crippen LogP contribution in [0.1, 0.15) is 29.8 Å². The molecule has 25 heavy (non-hydrogen) atoms. The van der Waals surface area contributed by atoms with E-state index in [4.69, 9.17) is 9.47 Å². The molecule has 7 nitrogen and oxygen atoms in total. The largest absolute Gasteiger partial charge is 0.493 e. The van der Waals surface area contributed by atoms with E-state index in [1.165, 1.54) is 18.4 Å². The Bertz CT molecular complexity index is 737. The first-order valence-electron chi connectivity index (χ1n) is 8.28. The second kappa shape index (κ2) is 7.43. The van der Waals surface area contributed by atoms with Gasteiger partial charge in [0.25, 0.3) is 0 Å². The summed E-state index contributed by atoms with van der Waals surface area (Å²) in [7, 11) is 3.32. The van der Waals surface area contributed by atoms with Gasteiger partial charge in [0.05, 0.1) is 25.6 Å². The zero-order chi connectivity index (χ0) is 17.2. The summed E-state index contributed by atoms with van der Waals surface area (Å²) in [4.78, 5) is 0. The van der Waals surface area contributed by atoms with Gasteiger partial charge in [-0.1, -0.05) is 17.8 Å². The molecule has 1 aromatic heterocycles. The quantitative estimate of drug-likeness (QED) is 0.736. The first-order valence-corrected chi connectivity index (χ1v) is 10.3. The minimum atomic E-state index is 0.268. The Kier molecular flexibility index (Phi) is 5.05. The minimum Gasteiger partial charge on any atom is -0.493 e. The fraction of sp³-hybridized carbons (Fsp3) is 0.562. The van der Waals surface area contributed by atoms with Crippen molar-refractivity contribution in [2.45, 2.75) is 35.5 Å². The molecule has 9 heteroatoms. The maximum Gasteiger partial charge on any atom is 0.209 e. The Labute approximate surface area is 155 Å². The van der Waals surface area contributed by atoms with E-state index in [1.807, 2.05) is 28.6 Å². The lowest BCUT2D eigenvalue weighted by atomic mass is 10.2. The number of aromatic nitrogens is 4. The zero-order valence-corrected chi connectivity index (χ0v) is 15.8. The zero-order valence-electron chi connectivity index (χ0n) is 14.2. The number of hydrogen-bond donors (Lipinski definition) is 1. The number of hydrogen-bond acceptors (Lipinski definition) is 8. The minimum absolute atomic E-state index is 0.268. The van der Waals surface area contributed by atoms with Gasteiger partial charge < -0.3 is 9.47 Å². The molecule has 0 amide bonds. The number of tetrazole rings is 1. The molecular formula is C16H21N5O2S2. The Hall–Kier alpha value is -1.45. The Morgan fingerprint density at radius 2 is 2.12 bits per heavy atom. The van der Waals surface area contributed by atoms with Crippen LogP contribution in [-0.4, -0.2) is 52.0 Å². The van der Waals surface area contributed by atoms with Crippen molar-refractivity contribution in [2.75, 3.05) is 25.7 Å². The fourth-order valence-electron chi connectivity index (χ4n) is 2.83. The van der Waals surface area contributed by atoms with Crippen molar-refractivity contribution in [1.29, 1.82) is 0 Å². The lowest BCUT2D eigenvalue weighted by Gasteiger charge is -2.15. The summed E-state index contributed by atoms with van der Waals surface area (Å²) in [5.41, 5.74) is 1.21. The second-order valence-corrected chi connectivity index (χ2v) is 8.26. The molecule has 1 aliphatic carbocycles. The van der Waals surface area contributed by atoms with E-state index in [0.29, 0.717) is 12.1 Å². The van der Waals surface area contributed by atoms with E-state index in [-0.39, 0.29) is 5.37 Å². The van der Waals surface area contributed by atoms with Crippen molar-refractivity contribution >= 4 is 23.5 Å². The normalized spacial score (nSPS) is 23.0. The number of rotatable bonds is 7. The highest BCUT2D eigenvalue weighted by Gasteiger charge is 2.30. The van der Waals surface area contributed by atoms with Crippen LogP contribution in [0.25, 0.3) is 0 Å². The molecule has 0 bridgehead atoms. The molecule has 4 rings (SSSR count). The van der Waals surface area contributed by atoms with Gasteiger partial charge in [0, 0.05) is 17.5 Å². The molecule has 2 fully saturated rings. The summed E-state index contributed by atoms with van der Waals surface area (Å²) >= 11 is 3.65. The molecule has 134 valence electrons. The standard InChI is InChI=1S/C16H21N5O2S2/c1-22-13-6-3-10(7-14(13)23-2)15-17-11(8-24-15)9-25-16-18-19-20-21(16)12-4-5-12/h3,6-7,11-12,15,17H,4-5,8-9H2,1-2H3. The Morgan fingerprint density at radius 3 is 2.88 bits per heavy atom. The highest BCUT2D eigenvalue weighted by molar-refractivity contribution is 8.00. The summed E-state index contributed by atoms with van der Waals surface area (Å²) in [5.74, 6) is 3.55. The lowest BCUT2D eigenvalue weighted by Crippen LogP contribution is -2.28.